The number of carbonyl (C=O) groups excluding carboxylic acids is 2. The van der Waals surface area contributed by atoms with Crippen LogP contribution in [0.1, 0.15) is 65.7 Å². The fraction of sp³-hybridized carbons (Fsp3) is 0.882. The van der Waals surface area contributed by atoms with E-state index in [4.69, 9.17) is 0 Å². The molecule has 0 saturated heterocycles. The van der Waals surface area contributed by atoms with Crippen LogP contribution in [0.3, 0.4) is 0 Å². The van der Waals surface area contributed by atoms with Crippen molar-refractivity contribution in [3.05, 3.63) is 0 Å². The molecular weight excluding hydrogens is 282 g/mol. The number of ketones is 1. The number of Topliss-reactive ketones (excluding diaryl/α,β-unsaturated/α-hetero) is 1. The molecule has 1 amide bonds. The molecule has 0 spiro atoms. The van der Waals surface area contributed by atoms with Crippen molar-refractivity contribution < 1.29 is 9.59 Å². The van der Waals surface area contributed by atoms with Gasteiger partial charge in [-0.2, -0.15) is 0 Å². The van der Waals surface area contributed by atoms with Crippen LogP contribution in [0.4, 0.5) is 0 Å². The van der Waals surface area contributed by atoms with E-state index < -0.39 is 0 Å². The average Bonchev–Trinajstić information content (AvgIpc) is 2.34. The number of nitrogens with one attached hydrogen (secondary N) is 1. The maximum absolute atomic E-state index is 11.7. The lowest BCUT2D eigenvalue weighted by Crippen LogP contribution is -2.27. The second kappa shape index (κ2) is 11.1. The Hall–Kier alpha value is -0.510. The summed E-state index contributed by atoms with van der Waals surface area (Å²) in [5, 5.41) is 2.98. The van der Waals surface area contributed by atoms with Crippen molar-refractivity contribution >= 4 is 22.6 Å². The van der Waals surface area contributed by atoms with Gasteiger partial charge in [-0.25, -0.2) is 0 Å². The largest absolute Gasteiger partial charge is 0.355 e. The first kappa shape index (κ1) is 20.5. The van der Waals surface area contributed by atoms with E-state index in [9.17, 15) is 9.59 Å². The summed E-state index contributed by atoms with van der Waals surface area (Å²) >= 11 is 0. The normalized spacial score (nSPS) is 12.1. The van der Waals surface area contributed by atoms with E-state index in [2.05, 4.69) is 17.8 Å². The lowest BCUT2D eigenvalue weighted by molar-refractivity contribution is -0.126. The molecule has 21 heavy (non-hydrogen) atoms. The van der Waals surface area contributed by atoms with E-state index in [1.807, 2.05) is 20.8 Å². The number of unbranched alkanes of at least 4 members (excludes halogenated alkanes) is 5. The molecule has 0 unspecified atom stereocenters. The number of thiol groups is 1. The SMILES string of the molecule is C[SH](C)CC(=O)NCCCCCCCCC(=O)C(C)(C)C. The van der Waals surface area contributed by atoms with Crippen LogP contribution in [0.15, 0.2) is 0 Å². The van der Waals surface area contributed by atoms with Gasteiger partial charge >= 0.3 is 0 Å². The van der Waals surface area contributed by atoms with E-state index in [-0.39, 0.29) is 22.2 Å². The minimum Gasteiger partial charge on any atom is -0.355 e. The quantitative estimate of drug-likeness (QED) is 0.451. The van der Waals surface area contributed by atoms with Gasteiger partial charge in [0.25, 0.3) is 0 Å². The second-order valence-electron chi connectivity index (χ2n) is 7.13. The summed E-state index contributed by atoms with van der Waals surface area (Å²) in [5.74, 6) is 1.26. The van der Waals surface area contributed by atoms with Gasteiger partial charge in [-0.3, -0.25) is 20.5 Å². The standard InChI is InChI=1S/C17H35NO2S/c1-17(2,3)15(19)12-10-8-6-7-9-11-13-18-16(20)14-21(4)5/h21H,6-14H2,1-5H3,(H,18,20). The van der Waals surface area contributed by atoms with Gasteiger partial charge in [0.05, 0.1) is 5.75 Å². The zero-order chi connectivity index (χ0) is 16.3. The molecule has 0 heterocycles. The highest BCUT2D eigenvalue weighted by Gasteiger charge is 2.19. The van der Waals surface area contributed by atoms with Crippen molar-refractivity contribution in [2.45, 2.75) is 65.7 Å². The van der Waals surface area contributed by atoms with Gasteiger partial charge in [0.15, 0.2) is 0 Å². The molecule has 4 heteroatoms. The molecule has 1 N–H and O–H groups in total. The molecule has 0 aromatic rings. The molecular formula is C17H35NO2S. The molecule has 0 aliphatic heterocycles. The summed E-state index contributed by atoms with van der Waals surface area (Å²) in [5.41, 5.74) is -0.185. The first-order chi connectivity index (χ1) is 9.73. The topological polar surface area (TPSA) is 46.2 Å². The van der Waals surface area contributed by atoms with Crippen molar-refractivity contribution in [1.82, 2.24) is 5.32 Å². The van der Waals surface area contributed by atoms with Crippen molar-refractivity contribution in [1.29, 1.82) is 0 Å². The van der Waals surface area contributed by atoms with Crippen LogP contribution in [0.5, 0.6) is 0 Å². The fourth-order valence-corrected chi connectivity index (χ4v) is 2.75. The smallest absolute Gasteiger partial charge is 0.228 e. The van der Waals surface area contributed by atoms with Crippen molar-refractivity contribution in [2.24, 2.45) is 5.41 Å². The fourth-order valence-electron chi connectivity index (χ4n) is 2.06. The Balaban J connectivity index is 3.34. The number of carbonyl (C=O) groups is 2. The molecule has 0 bridgehead atoms. The predicted molar refractivity (Wildman–Crippen MR) is 95.5 cm³/mol. The maximum Gasteiger partial charge on any atom is 0.228 e. The van der Waals surface area contributed by atoms with Crippen LogP contribution in [0.2, 0.25) is 0 Å². The van der Waals surface area contributed by atoms with Crippen LogP contribution in [0, 0.1) is 5.41 Å². The summed E-state index contributed by atoms with van der Waals surface area (Å²) in [7, 11) is -0.128. The summed E-state index contributed by atoms with van der Waals surface area (Å²) in [4.78, 5) is 23.2. The predicted octanol–water partition coefficient (Wildman–Crippen LogP) is 3.71. The van der Waals surface area contributed by atoms with Crippen LogP contribution in [0.25, 0.3) is 0 Å². The second-order valence-corrected chi connectivity index (χ2v) is 9.61. The molecule has 0 saturated carbocycles. The summed E-state index contributed by atoms with van der Waals surface area (Å²) in [6.07, 6.45) is 11.8. The number of hydrogen-bond donors (Lipinski definition) is 2. The van der Waals surface area contributed by atoms with Gasteiger partial charge < -0.3 is 5.32 Å². The van der Waals surface area contributed by atoms with E-state index in [1.54, 1.807) is 0 Å². The molecule has 0 fully saturated rings. The van der Waals surface area contributed by atoms with Gasteiger partial charge in [0.1, 0.15) is 5.78 Å². The molecule has 0 aromatic heterocycles. The van der Waals surface area contributed by atoms with E-state index >= 15 is 0 Å². The third kappa shape index (κ3) is 12.9. The molecule has 126 valence electrons. The third-order valence-corrected chi connectivity index (χ3v) is 4.37. The summed E-state index contributed by atoms with van der Waals surface area (Å²) in [6, 6.07) is 0. The average molecular weight is 318 g/mol. The third-order valence-electron chi connectivity index (χ3n) is 3.45. The van der Waals surface area contributed by atoms with Crippen molar-refractivity contribution in [3.8, 4) is 0 Å². The highest BCUT2D eigenvalue weighted by atomic mass is 32.2. The first-order valence-electron chi connectivity index (χ1n) is 8.18. The van der Waals surface area contributed by atoms with Gasteiger partial charge in [0, 0.05) is 18.4 Å². The zero-order valence-electron chi connectivity index (χ0n) is 14.6. The molecule has 0 aromatic carbocycles. The molecule has 0 radical (unpaired) electrons. The Morgan fingerprint density at radius 2 is 1.43 bits per heavy atom. The Morgan fingerprint density at radius 3 is 1.95 bits per heavy atom. The van der Waals surface area contributed by atoms with E-state index in [0.717, 1.165) is 32.2 Å². The number of amides is 1. The summed E-state index contributed by atoms with van der Waals surface area (Å²) < 4.78 is 0. The van der Waals surface area contributed by atoms with Crippen LogP contribution in [-0.4, -0.2) is 36.5 Å². The maximum atomic E-state index is 11.7. The molecule has 0 aliphatic carbocycles. The van der Waals surface area contributed by atoms with Gasteiger partial charge in [0.2, 0.25) is 5.91 Å². The highest BCUT2D eigenvalue weighted by molar-refractivity contribution is 8.16. The Bertz CT molecular complexity index is 308. The zero-order valence-corrected chi connectivity index (χ0v) is 15.5. The Morgan fingerprint density at radius 1 is 0.905 bits per heavy atom. The molecule has 0 aliphatic rings. The van der Waals surface area contributed by atoms with Crippen LogP contribution in [-0.2, 0) is 9.59 Å². The molecule has 0 atom stereocenters. The van der Waals surface area contributed by atoms with Gasteiger partial charge in [-0.15, -0.1) is 0 Å². The van der Waals surface area contributed by atoms with Crippen LogP contribution >= 0.6 is 10.9 Å². The Labute approximate surface area is 134 Å². The molecule has 0 rings (SSSR count). The van der Waals surface area contributed by atoms with Gasteiger partial charge in [-0.05, 0) is 25.4 Å². The number of rotatable bonds is 11. The van der Waals surface area contributed by atoms with Crippen molar-refractivity contribution in [2.75, 3.05) is 24.8 Å². The summed E-state index contributed by atoms with van der Waals surface area (Å²) in [6.45, 7) is 6.78. The van der Waals surface area contributed by atoms with Crippen molar-refractivity contribution in [3.63, 3.8) is 0 Å². The number of hydrogen-bond acceptors (Lipinski definition) is 2. The minimum atomic E-state index is -0.185. The van der Waals surface area contributed by atoms with Crippen LogP contribution < -0.4 is 5.32 Å². The lowest BCUT2D eigenvalue weighted by Gasteiger charge is -2.16. The lowest BCUT2D eigenvalue weighted by atomic mass is 9.88. The Kier molecular flexibility index (Phi) is 10.8. The monoisotopic (exact) mass is 317 g/mol. The van der Waals surface area contributed by atoms with E-state index in [0.29, 0.717) is 11.5 Å². The highest BCUT2D eigenvalue weighted by Crippen LogP contribution is 2.19. The molecule has 3 nitrogen and oxygen atoms in total. The van der Waals surface area contributed by atoms with E-state index in [1.165, 1.54) is 19.3 Å². The van der Waals surface area contributed by atoms with Gasteiger partial charge in [-0.1, -0.05) is 46.5 Å². The minimum absolute atomic E-state index is 0.128. The first-order valence-corrected chi connectivity index (χ1v) is 10.6.